The molecule has 27 heavy (non-hydrogen) atoms. The number of para-hydroxylation sites is 1. The molecule has 0 aromatic heterocycles. The van der Waals surface area contributed by atoms with E-state index in [2.05, 4.69) is 0 Å². The summed E-state index contributed by atoms with van der Waals surface area (Å²) in [6, 6.07) is 16.4. The molecule has 0 aliphatic carbocycles. The van der Waals surface area contributed by atoms with Gasteiger partial charge < -0.3 is 14.2 Å². The van der Waals surface area contributed by atoms with E-state index in [0.29, 0.717) is 5.56 Å². The largest absolute Gasteiger partial charge is 0.497 e. The smallest absolute Gasteiger partial charge is 0.344 e. The minimum absolute atomic E-state index is 0.0502. The monoisotopic (exact) mass is 368 g/mol. The zero-order valence-electron chi connectivity index (χ0n) is 14.6. The van der Waals surface area contributed by atoms with Crippen LogP contribution < -0.4 is 9.47 Å². The van der Waals surface area contributed by atoms with Crippen LogP contribution in [-0.4, -0.2) is 32.1 Å². The number of hydrogen-bond acceptors (Lipinski definition) is 5. The number of esters is 1. The lowest BCUT2D eigenvalue weighted by Crippen LogP contribution is -2.19. The molecule has 0 amide bonds. The number of benzene rings is 3. The number of ether oxygens (including phenoxy) is 3. The standard InChI is InChI=1S/C21H17FO5/c1-25-17-9-8-14-10-16(7-6-15(14)11-17)19(23)12-27-21(24)13-26-20-5-3-2-4-18(20)22/h2-11H,12-13H2,1H3. The van der Waals surface area contributed by atoms with Gasteiger partial charge in [0.05, 0.1) is 7.11 Å². The van der Waals surface area contributed by atoms with Crippen molar-refractivity contribution in [3.05, 3.63) is 72.0 Å². The van der Waals surface area contributed by atoms with Crippen molar-refractivity contribution in [1.29, 1.82) is 0 Å². The zero-order chi connectivity index (χ0) is 19.2. The summed E-state index contributed by atoms with van der Waals surface area (Å²) < 4.78 is 28.5. The molecule has 0 aliphatic heterocycles. The molecule has 0 fully saturated rings. The Morgan fingerprint density at radius 1 is 0.926 bits per heavy atom. The van der Waals surface area contributed by atoms with Gasteiger partial charge in [0.15, 0.2) is 30.6 Å². The second-order valence-corrected chi connectivity index (χ2v) is 5.73. The van der Waals surface area contributed by atoms with Crippen LogP contribution in [-0.2, 0) is 9.53 Å². The number of ketones is 1. The molecule has 0 heterocycles. The molecule has 3 aromatic rings. The van der Waals surface area contributed by atoms with Crippen molar-refractivity contribution in [2.24, 2.45) is 0 Å². The average molecular weight is 368 g/mol. The first-order valence-electron chi connectivity index (χ1n) is 8.21. The molecule has 0 N–H and O–H groups in total. The lowest BCUT2D eigenvalue weighted by Gasteiger charge is -2.08. The lowest BCUT2D eigenvalue weighted by atomic mass is 10.0. The predicted molar refractivity (Wildman–Crippen MR) is 97.7 cm³/mol. The maximum absolute atomic E-state index is 13.4. The highest BCUT2D eigenvalue weighted by Gasteiger charge is 2.12. The fourth-order valence-corrected chi connectivity index (χ4v) is 2.49. The predicted octanol–water partition coefficient (Wildman–Crippen LogP) is 3.79. The molecular weight excluding hydrogens is 351 g/mol. The second kappa shape index (κ2) is 8.31. The summed E-state index contributed by atoms with van der Waals surface area (Å²) in [5.74, 6) is -0.991. The first-order chi connectivity index (χ1) is 13.1. The van der Waals surface area contributed by atoms with Gasteiger partial charge in [-0.1, -0.05) is 30.3 Å². The minimum atomic E-state index is -0.753. The van der Waals surface area contributed by atoms with Crippen molar-refractivity contribution in [2.75, 3.05) is 20.3 Å². The lowest BCUT2D eigenvalue weighted by molar-refractivity contribution is -0.144. The molecule has 0 unspecified atom stereocenters. The molecule has 0 aliphatic rings. The van der Waals surface area contributed by atoms with Gasteiger partial charge in [0.1, 0.15) is 5.75 Å². The van der Waals surface area contributed by atoms with Gasteiger partial charge in [-0.05, 0) is 41.1 Å². The quantitative estimate of drug-likeness (QED) is 0.469. The summed E-state index contributed by atoms with van der Waals surface area (Å²) >= 11 is 0. The molecule has 0 atom stereocenters. The first kappa shape index (κ1) is 18.4. The van der Waals surface area contributed by atoms with Crippen molar-refractivity contribution in [3.63, 3.8) is 0 Å². The van der Waals surface area contributed by atoms with Gasteiger partial charge in [0.2, 0.25) is 0 Å². The molecule has 3 rings (SSSR count). The van der Waals surface area contributed by atoms with E-state index >= 15 is 0 Å². The third kappa shape index (κ3) is 4.61. The van der Waals surface area contributed by atoms with Crippen molar-refractivity contribution >= 4 is 22.5 Å². The van der Waals surface area contributed by atoms with E-state index < -0.39 is 25.0 Å². The van der Waals surface area contributed by atoms with Crippen LogP contribution in [0.3, 0.4) is 0 Å². The third-order valence-electron chi connectivity index (χ3n) is 3.92. The van der Waals surface area contributed by atoms with E-state index in [9.17, 15) is 14.0 Å². The summed E-state index contributed by atoms with van der Waals surface area (Å²) in [5.41, 5.74) is 0.426. The summed E-state index contributed by atoms with van der Waals surface area (Å²) in [4.78, 5) is 24.0. The van der Waals surface area contributed by atoms with Crippen LogP contribution in [0.2, 0.25) is 0 Å². The molecule has 3 aromatic carbocycles. The average Bonchev–Trinajstić information content (AvgIpc) is 2.70. The third-order valence-corrected chi connectivity index (χ3v) is 3.92. The second-order valence-electron chi connectivity index (χ2n) is 5.73. The first-order valence-corrected chi connectivity index (χ1v) is 8.21. The Morgan fingerprint density at radius 2 is 1.67 bits per heavy atom. The number of rotatable bonds is 7. The molecule has 6 heteroatoms. The van der Waals surface area contributed by atoms with Crippen molar-refractivity contribution < 1.29 is 28.2 Å². The Bertz CT molecular complexity index is 983. The zero-order valence-corrected chi connectivity index (χ0v) is 14.6. The molecule has 0 saturated heterocycles. The topological polar surface area (TPSA) is 61.8 Å². The minimum Gasteiger partial charge on any atom is -0.497 e. The van der Waals surface area contributed by atoms with E-state index in [1.165, 1.54) is 18.2 Å². The number of hydrogen-bond donors (Lipinski definition) is 0. The molecule has 138 valence electrons. The number of carbonyl (C=O) groups is 2. The number of fused-ring (bicyclic) bond motifs is 1. The normalized spacial score (nSPS) is 10.4. The highest BCUT2D eigenvalue weighted by molar-refractivity contribution is 6.01. The van der Waals surface area contributed by atoms with Crippen LogP contribution in [0.1, 0.15) is 10.4 Å². The fraction of sp³-hybridized carbons (Fsp3) is 0.143. The van der Waals surface area contributed by atoms with E-state index in [1.54, 1.807) is 37.4 Å². The number of carbonyl (C=O) groups excluding carboxylic acids is 2. The van der Waals surface area contributed by atoms with E-state index in [1.807, 2.05) is 12.1 Å². The van der Waals surface area contributed by atoms with Gasteiger partial charge in [0.25, 0.3) is 0 Å². The van der Waals surface area contributed by atoms with E-state index in [0.717, 1.165) is 16.5 Å². The number of Topliss-reactive ketones (excluding diaryl/α,β-unsaturated/α-hetero) is 1. The van der Waals surface area contributed by atoms with Gasteiger partial charge in [-0.25, -0.2) is 9.18 Å². The summed E-state index contributed by atoms with van der Waals surface area (Å²) in [7, 11) is 1.59. The van der Waals surface area contributed by atoms with Gasteiger partial charge in [-0.2, -0.15) is 0 Å². The number of methoxy groups -OCH3 is 1. The molecule has 0 radical (unpaired) electrons. The molecular formula is C21H17FO5. The fourth-order valence-electron chi connectivity index (χ4n) is 2.49. The van der Waals surface area contributed by atoms with Crippen molar-refractivity contribution in [1.82, 2.24) is 0 Å². The Morgan fingerprint density at radius 3 is 2.44 bits per heavy atom. The Kier molecular flexibility index (Phi) is 5.66. The van der Waals surface area contributed by atoms with Gasteiger partial charge in [-0.15, -0.1) is 0 Å². The van der Waals surface area contributed by atoms with Crippen molar-refractivity contribution in [3.8, 4) is 11.5 Å². The van der Waals surface area contributed by atoms with Gasteiger partial charge in [0, 0.05) is 5.56 Å². The molecule has 5 nitrogen and oxygen atoms in total. The van der Waals surface area contributed by atoms with Crippen LogP contribution in [0, 0.1) is 5.82 Å². The van der Waals surface area contributed by atoms with Gasteiger partial charge in [-0.3, -0.25) is 4.79 Å². The van der Waals surface area contributed by atoms with E-state index in [4.69, 9.17) is 14.2 Å². The summed E-state index contributed by atoms with van der Waals surface area (Å²) in [5, 5.41) is 1.80. The van der Waals surface area contributed by atoms with Crippen LogP contribution in [0.15, 0.2) is 60.7 Å². The maximum atomic E-state index is 13.4. The number of halogens is 1. The molecule has 0 bridgehead atoms. The highest BCUT2D eigenvalue weighted by atomic mass is 19.1. The van der Waals surface area contributed by atoms with Crippen LogP contribution >= 0.6 is 0 Å². The Labute approximate surface area is 155 Å². The molecule has 0 spiro atoms. The Hall–Kier alpha value is -3.41. The maximum Gasteiger partial charge on any atom is 0.344 e. The van der Waals surface area contributed by atoms with E-state index in [-0.39, 0.29) is 11.5 Å². The Balaban J connectivity index is 1.56. The van der Waals surface area contributed by atoms with Crippen molar-refractivity contribution in [2.45, 2.75) is 0 Å². The van der Waals surface area contributed by atoms with Crippen LogP contribution in [0.5, 0.6) is 11.5 Å². The summed E-state index contributed by atoms with van der Waals surface area (Å²) in [6.45, 7) is -0.896. The SMILES string of the molecule is COc1ccc2cc(C(=O)COC(=O)COc3ccccc3F)ccc2c1. The van der Waals surface area contributed by atoms with Gasteiger partial charge >= 0.3 is 5.97 Å². The highest BCUT2D eigenvalue weighted by Crippen LogP contribution is 2.22. The van der Waals surface area contributed by atoms with Crippen LogP contribution in [0.4, 0.5) is 4.39 Å². The van der Waals surface area contributed by atoms with Crippen LogP contribution in [0.25, 0.3) is 10.8 Å². The summed E-state index contributed by atoms with van der Waals surface area (Å²) in [6.07, 6.45) is 0. The molecule has 0 saturated carbocycles.